The second-order valence-corrected chi connectivity index (χ2v) is 5.00. The highest BCUT2D eigenvalue weighted by molar-refractivity contribution is 5.46. The van der Waals surface area contributed by atoms with E-state index in [4.69, 9.17) is 19.3 Å². The van der Waals surface area contributed by atoms with Gasteiger partial charge in [-0.15, -0.1) is 0 Å². The van der Waals surface area contributed by atoms with Gasteiger partial charge in [0.25, 0.3) is 0 Å². The van der Waals surface area contributed by atoms with Gasteiger partial charge < -0.3 is 24.4 Å². The number of ether oxygens (including phenoxy) is 3. The van der Waals surface area contributed by atoms with Crippen molar-refractivity contribution in [3.05, 3.63) is 18.2 Å². The van der Waals surface area contributed by atoms with E-state index in [-0.39, 0.29) is 20.0 Å². The minimum atomic E-state index is -0.603. The second-order valence-electron chi connectivity index (χ2n) is 5.00. The molecule has 0 aliphatic carbocycles. The van der Waals surface area contributed by atoms with Crippen LogP contribution in [0, 0.1) is 0 Å². The fourth-order valence-electron chi connectivity index (χ4n) is 2.26. The summed E-state index contributed by atoms with van der Waals surface area (Å²) in [6.45, 7) is 4.49. The lowest BCUT2D eigenvalue weighted by molar-refractivity contribution is 0.0618. The van der Waals surface area contributed by atoms with E-state index in [1.54, 1.807) is 18.2 Å². The van der Waals surface area contributed by atoms with Crippen LogP contribution in [0.5, 0.6) is 17.2 Å². The molecule has 1 atom stereocenters. The molecule has 0 saturated carbocycles. The number of nitrogens with zero attached hydrogens (tertiary/aromatic N) is 1. The highest BCUT2D eigenvalue weighted by atomic mass is 16.7. The first-order chi connectivity index (χ1) is 10.2. The topological polar surface area (TPSA) is 71.4 Å². The van der Waals surface area contributed by atoms with Gasteiger partial charge in [0.1, 0.15) is 18.5 Å². The molecule has 1 aliphatic rings. The molecule has 1 aromatic carbocycles. The summed E-state index contributed by atoms with van der Waals surface area (Å²) < 4.78 is 16.1. The molecule has 2 N–H and O–H groups in total. The van der Waals surface area contributed by atoms with Crippen molar-refractivity contribution in [1.29, 1.82) is 0 Å². The minimum absolute atomic E-state index is 0.0930. The van der Waals surface area contributed by atoms with Gasteiger partial charge in [-0.2, -0.15) is 0 Å². The van der Waals surface area contributed by atoms with E-state index in [9.17, 15) is 5.11 Å². The molecule has 0 spiro atoms. The van der Waals surface area contributed by atoms with Crippen LogP contribution in [-0.4, -0.2) is 60.9 Å². The van der Waals surface area contributed by atoms with Gasteiger partial charge in [-0.3, -0.25) is 4.90 Å². The number of aliphatic hydroxyl groups is 2. The standard InChI is InChI=1S/C15H23NO5/c1-2-5-16(6-7-17)9-12(18)10-19-13-3-4-14-15(8-13)21-11-20-14/h3-4,8,12,17-18H,2,5-7,9-11H2,1H3/t12-/m0/s1. The molecule has 0 radical (unpaired) electrons. The van der Waals surface area contributed by atoms with Gasteiger partial charge in [0.15, 0.2) is 11.5 Å². The molecule has 0 amide bonds. The Morgan fingerprint density at radius 3 is 2.86 bits per heavy atom. The molecule has 1 heterocycles. The van der Waals surface area contributed by atoms with Crippen molar-refractivity contribution in [2.45, 2.75) is 19.4 Å². The monoisotopic (exact) mass is 297 g/mol. The van der Waals surface area contributed by atoms with Crippen molar-refractivity contribution in [2.24, 2.45) is 0 Å². The lowest BCUT2D eigenvalue weighted by Crippen LogP contribution is -2.37. The molecule has 118 valence electrons. The molecule has 6 heteroatoms. The van der Waals surface area contributed by atoms with E-state index in [0.29, 0.717) is 30.3 Å². The molecule has 0 saturated heterocycles. The summed E-state index contributed by atoms with van der Waals surface area (Å²) in [5.74, 6) is 2.01. The highest BCUT2D eigenvalue weighted by Crippen LogP contribution is 2.35. The van der Waals surface area contributed by atoms with Crippen molar-refractivity contribution in [2.75, 3.05) is 39.6 Å². The summed E-state index contributed by atoms with van der Waals surface area (Å²) in [6.07, 6.45) is 0.379. The van der Waals surface area contributed by atoms with E-state index in [1.165, 1.54) is 0 Å². The van der Waals surface area contributed by atoms with Gasteiger partial charge in [0.2, 0.25) is 6.79 Å². The molecular formula is C15H23NO5. The number of fused-ring (bicyclic) bond motifs is 1. The summed E-state index contributed by atoms with van der Waals surface area (Å²) in [5, 5.41) is 19.0. The largest absolute Gasteiger partial charge is 0.491 e. The molecule has 6 nitrogen and oxygen atoms in total. The number of hydrogen-bond acceptors (Lipinski definition) is 6. The van der Waals surface area contributed by atoms with E-state index in [2.05, 4.69) is 6.92 Å². The van der Waals surface area contributed by atoms with Crippen molar-refractivity contribution < 1.29 is 24.4 Å². The number of benzene rings is 1. The first kappa shape index (κ1) is 15.9. The molecule has 0 fully saturated rings. The van der Waals surface area contributed by atoms with Crippen molar-refractivity contribution in [3.8, 4) is 17.2 Å². The van der Waals surface area contributed by atoms with Gasteiger partial charge in [-0.1, -0.05) is 6.92 Å². The van der Waals surface area contributed by atoms with Crippen LogP contribution >= 0.6 is 0 Å². The van der Waals surface area contributed by atoms with Crippen molar-refractivity contribution >= 4 is 0 Å². The lowest BCUT2D eigenvalue weighted by atomic mass is 10.3. The fraction of sp³-hybridized carbons (Fsp3) is 0.600. The van der Waals surface area contributed by atoms with Crippen LogP contribution in [0.2, 0.25) is 0 Å². The third-order valence-corrected chi connectivity index (χ3v) is 3.21. The van der Waals surface area contributed by atoms with Crippen LogP contribution in [0.15, 0.2) is 18.2 Å². The Kier molecular flexibility index (Phi) is 6.10. The first-order valence-corrected chi connectivity index (χ1v) is 7.26. The first-order valence-electron chi connectivity index (χ1n) is 7.26. The predicted octanol–water partition coefficient (Wildman–Crippen LogP) is 0.859. The maximum atomic E-state index is 10.0. The van der Waals surface area contributed by atoms with E-state index < -0.39 is 6.10 Å². The third-order valence-electron chi connectivity index (χ3n) is 3.21. The molecule has 1 aromatic rings. The zero-order valence-electron chi connectivity index (χ0n) is 12.3. The van der Waals surface area contributed by atoms with Crippen LogP contribution in [-0.2, 0) is 0 Å². The van der Waals surface area contributed by atoms with Crippen LogP contribution in [0.3, 0.4) is 0 Å². The predicted molar refractivity (Wildman–Crippen MR) is 77.9 cm³/mol. The summed E-state index contributed by atoms with van der Waals surface area (Å²) in [6, 6.07) is 5.34. The quantitative estimate of drug-likeness (QED) is 0.704. The second kappa shape index (κ2) is 8.07. The normalized spacial score (nSPS) is 14.5. The zero-order valence-corrected chi connectivity index (χ0v) is 12.3. The molecule has 2 rings (SSSR count). The van der Waals surface area contributed by atoms with Gasteiger partial charge in [0, 0.05) is 19.2 Å². The third kappa shape index (κ3) is 4.77. The van der Waals surface area contributed by atoms with Crippen molar-refractivity contribution in [1.82, 2.24) is 4.90 Å². The van der Waals surface area contributed by atoms with Crippen LogP contribution in [0.25, 0.3) is 0 Å². The average molecular weight is 297 g/mol. The molecule has 0 aromatic heterocycles. The Morgan fingerprint density at radius 1 is 1.29 bits per heavy atom. The van der Waals surface area contributed by atoms with Gasteiger partial charge in [-0.25, -0.2) is 0 Å². The summed E-state index contributed by atoms with van der Waals surface area (Å²) in [4.78, 5) is 2.02. The summed E-state index contributed by atoms with van der Waals surface area (Å²) >= 11 is 0. The maximum Gasteiger partial charge on any atom is 0.231 e. The summed E-state index contributed by atoms with van der Waals surface area (Å²) in [5.41, 5.74) is 0. The van der Waals surface area contributed by atoms with Crippen LogP contribution in [0.4, 0.5) is 0 Å². The van der Waals surface area contributed by atoms with E-state index >= 15 is 0 Å². The Hall–Kier alpha value is -1.50. The lowest BCUT2D eigenvalue weighted by Gasteiger charge is -2.23. The van der Waals surface area contributed by atoms with Gasteiger partial charge in [0.05, 0.1) is 6.61 Å². The van der Waals surface area contributed by atoms with Crippen LogP contribution < -0.4 is 14.2 Å². The smallest absolute Gasteiger partial charge is 0.231 e. The number of aliphatic hydroxyl groups excluding tert-OH is 2. The van der Waals surface area contributed by atoms with E-state index in [1.807, 2.05) is 4.90 Å². The minimum Gasteiger partial charge on any atom is -0.491 e. The van der Waals surface area contributed by atoms with Crippen molar-refractivity contribution in [3.63, 3.8) is 0 Å². The molecule has 21 heavy (non-hydrogen) atoms. The zero-order chi connectivity index (χ0) is 15.1. The van der Waals surface area contributed by atoms with E-state index in [0.717, 1.165) is 13.0 Å². The average Bonchev–Trinajstić information content (AvgIpc) is 2.93. The summed E-state index contributed by atoms with van der Waals surface area (Å²) in [7, 11) is 0. The molecule has 0 bridgehead atoms. The SMILES string of the molecule is CCCN(CCO)C[C@H](O)COc1ccc2c(c1)OCO2. The number of rotatable bonds is 9. The maximum absolute atomic E-state index is 10.0. The Bertz CT molecular complexity index is 434. The molecule has 1 aliphatic heterocycles. The fourth-order valence-corrected chi connectivity index (χ4v) is 2.26. The molecular weight excluding hydrogens is 274 g/mol. The Balaban J connectivity index is 1.79. The number of hydrogen-bond donors (Lipinski definition) is 2. The van der Waals surface area contributed by atoms with Gasteiger partial charge in [-0.05, 0) is 25.1 Å². The Labute approximate surface area is 124 Å². The molecule has 0 unspecified atom stereocenters. The van der Waals surface area contributed by atoms with Crippen LogP contribution in [0.1, 0.15) is 13.3 Å². The highest BCUT2D eigenvalue weighted by Gasteiger charge is 2.15. The Morgan fingerprint density at radius 2 is 2.10 bits per heavy atom. The van der Waals surface area contributed by atoms with Gasteiger partial charge >= 0.3 is 0 Å².